The number of thioether (sulfide) groups is 1. The summed E-state index contributed by atoms with van der Waals surface area (Å²) in [7, 11) is 3.21. The van der Waals surface area contributed by atoms with E-state index in [1.807, 2.05) is 42.5 Å². The molecule has 2 aromatic rings. The SMILES string of the molecule is COc1ccc(N2C(=O)/C(=C/c3ccccc3OC)SC2=S)cc1. The fourth-order valence-corrected chi connectivity index (χ4v) is 3.64. The monoisotopic (exact) mass is 357 g/mol. The molecule has 0 aliphatic carbocycles. The highest BCUT2D eigenvalue weighted by atomic mass is 32.2. The summed E-state index contributed by atoms with van der Waals surface area (Å²) in [6.45, 7) is 0. The van der Waals surface area contributed by atoms with Gasteiger partial charge >= 0.3 is 0 Å². The molecular weight excluding hydrogens is 342 g/mol. The number of rotatable bonds is 4. The Morgan fingerprint density at radius 1 is 1.04 bits per heavy atom. The Bertz CT molecular complexity index is 815. The number of methoxy groups -OCH3 is 2. The fourth-order valence-electron chi connectivity index (χ4n) is 2.35. The zero-order valence-corrected chi connectivity index (χ0v) is 14.8. The number of para-hydroxylation sites is 1. The van der Waals surface area contributed by atoms with Gasteiger partial charge in [0.2, 0.25) is 0 Å². The van der Waals surface area contributed by atoms with Gasteiger partial charge < -0.3 is 9.47 Å². The van der Waals surface area contributed by atoms with Crippen LogP contribution in [0.25, 0.3) is 6.08 Å². The molecule has 0 radical (unpaired) electrons. The van der Waals surface area contributed by atoms with Crippen LogP contribution in [0.1, 0.15) is 5.56 Å². The Morgan fingerprint density at radius 2 is 1.75 bits per heavy atom. The summed E-state index contributed by atoms with van der Waals surface area (Å²) in [5.41, 5.74) is 1.57. The first-order valence-electron chi connectivity index (χ1n) is 7.19. The van der Waals surface area contributed by atoms with E-state index in [0.717, 1.165) is 17.0 Å². The molecule has 1 fully saturated rings. The van der Waals surface area contributed by atoms with Gasteiger partial charge in [0.1, 0.15) is 11.5 Å². The molecule has 0 bridgehead atoms. The van der Waals surface area contributed by atoms with E-state index < -0.39 is 0 Å². The number of carbonyl (C=O) groups is 1. The topological polar surface area (TPSA) is 38.8 Å². The van der Waals surface area contributed by atoms with Gasteiger partial charge in [0.05, 0.1) is 24.8 Å². The lowest BCUT2D eigenvalue weighted by Gasteiger charge is -2.14. The number of amides is 1. The summed E-state index contributed by atoms with van der Waals surface area (Å²) in [5.74, 6) is 1.31. The van der Waals surface area contributed by atoms with Crippen LogP contribution >= 0.6 is 24.0 Å². The number of benzene rings is 2. The Hall–Kier alpha value is -2.31. The van der Waals surface area contributed by atoms with Gasteiger partial charge in [-0.15, -0.1) is 0 Å². The number of hydrogen-bond acceptors (Lipinski definition) is 5. The number of hydrogen-bond donors (Lipinski definition) is 0. The molecule has 0 saturated carbocycles. The summed E-state index contributed by atoms with van der Waals surface area (Å²) in [6, 6.07) is 14.8. The Kier molecular flexibility index (Phi) is 4.87. The molecule has 0 unspecified atom stereocenters. The molecule has 3 rings (SSSR count). The second-order valence-corrected chi connectivity index (χ2v) is 6.63. The first-order valence-corrected chi connectivity index (χ1v) is 8.41. The molecule has 6 heteroatoms. The van der Waals surface area contributed by atoms with E-state index >= 15 is 0 Å². The summed E-state index contributed by atoms with van der Waals surface area (Å²) >= 11 is 6.66. The zero-order chi connectivity index (χ0) is 17.1. The first kappa shape index (κ1) is 16.5. The van der Waals surface area contributed by atoms with E-state index in [1.165, 1.54) is 16.7 Å². The second-order valence-electron chi connectivity index (χ2n) is 4.96. The van der Waals surface area contributed by atoms with Crippen LogP contribution in [0.3, 0.4) is 0 Å². The Morgan fingerprint density at radius 3 is 2.42 bits per heavy atom. The van der Waals surface area contributed by atoms with Crippen LogP contribution in [-0.2, 0) is 4.79 Å². The molecule has 0 aromatic heterocycles. The highest BCUT2D eigenvalue weighted by molar-refractivity contribution is 8.27. The molecular formula is C18H15NO3S2. The Labute approximate surface area is 150 Å². The second kappa shape index (κ2) is 7.07. The highest BCUT2D eigenvalue weighted by Crippen LogP contribution is 2.37. The minimum Gasteiger partial charge on any atom is -0.497 e. The van der Waals surface area contributed by atoms with Crippen LogP contribution in [0.4, 0.5) is 5.69 Å². The van der Waals surface area contributed by atoms with E-state index in [4.69, 9.17) is 21.7 Å². The number of thiocarbonyl (C=S) groups is 1. The maximum absolute atomic E-state index is 12.8. The minimum absolute atomic E-state index is 0.138. The molecule has 122 valence electrons. The summed E-state index contributed by atoms with van der Waals surface area (Å²) in [5, 5.41) is 0. The van der Waals surface area contributed by atoms with Crippen molar-refractivity contribution < 1.29 is 14.3 Å². The van der Waals surface area contributed by atoms with Crippen molar-refractivity contribution in [1.82, 2.24) is 0 Å². The van der Waals surface area contributed by atoms with Gasteiger partial charge in [-0.05, 0) is 36.4 Å². The van der Waals surface area contributed by atoms with Gasteiger partial charge in [-0.2, -0.15) is 0 Å². The van der Waals surface area contributed by atoms with Gasteiger partial charge in [0.25, 0.3) is 5.91 Å². The lowest BCUT2D eigenvalue weighted by atomic mass is 10.2. The summed E-state index contributed by atoms with van der Waals surface area (Å²) in [4.78, 5) is 14.9. The van der Waals surface area contributed by atoms with Crippen molar-refractivity contribution in [2.45, 2.75) is 0 Å². The van der Waals surface area contributed by atoms with E-state index in [1.54, 1.807) is 26.4 Å². The predicted molar refractivity (Wildman–Crippen MR) is 102 cm³/mol. The minimum atomic E-state index is -0.138. The van der Waals surface area contributed by atoms with Crippen LogP contribution in [0.2, 0.25) is 0 Å². The third-order valence-electron chi connectivity index (χ3n) is 3.55. The summed E-state index contributed by atoms with van der Waals surface area (Å²) in [6.07, 6.45) is 1.81. The quantitative estimate of drug-likeness (QED) is 0.608. The molecule has 0 spiro atoms. The van der Waals surface area contributed by atoms with E-state index in [0.29, 0.717) is 15.0 Å². The van der Waals surface area contributed by atoms with Gasteiger partial charge in [0.15, 0.2) is 4.32 Å². The lowest BCUT2D eigenvalue weighted by Crippen LogP contribution is -2.27. The number of anilines is 1. The van der Waals surface area contributed by atoms with Gasteiger partial charge in [0, 0.05) is 5.56 Å². The van der Waals surface area contributed by atoms with Crippen LogP contribution in [-0.4, -0.2) is 24.4 Å². The third kappa shape index (κ3) is 3.16. The molecule has 0 N–H and O–H groups in total. The smallest absolute Gasteiger partial charge is 0.270 e. The Balaban J connectivity index is 1.92. The normalized spacial score (nSPS) is 15.9. The molecule has 1 aliphatic rings. The van der Waals surface area contributed by atoms with Crippen molar-refractivity contribution in [3.05, 3.63) is 59.0 Å². The number of ether oxygens (including phenoxy) is 2. The third-order valence-corrected chi connectivity index (χ3v) is 4.85. The predicted octanol–water partition coefficient (Wildman–Crippen LogP) is 4.11. The average Bonchev–Trinajstić information content (AvgIpc) is 2.89. The number of carbonyl (C=O) groups excluding carboxylic acids is 1. The molecule has 1 amide bonds. The molecule has 1 saturated heterocycles. The molecule has 1 aliphatic heterocycles. The van der Waals surface area contributed by atoms with Crippen LogP contribution in [0, 0.1) is 0 Å². The van der Waals surface area contributed by atoms with Crippen molar-refractivity contribution in [2.24, 2.45) is 0 Å². The van der Waals surface area contributed by atoms with Crippen molar-refractivity contribution in [1.29, 1.82) is 0 Å². The largest absolute Gasteiger partial charge is 0.497 e. The van der Waals surface area contributed by atoms with E-state index in [9.17, 15) is 4.79 Å². The van der Waals surface area contributed by atoms with Crippen molar-refractivity contribution >= 4 is 46.0 Å². The van der Waals surface area contributed by atoms with Gasteiger partial charge in [-0.25, -0.2) is 0 Å². The fraction of sp³-hybridized carbons (Fsp3) is 0.111. The maximum atomic E-state index is 12.8. The van der Waals surface area contributed by atoms with E-state index in [-0.39, 0.29) is 5.91 Å². The lowest BCUT2D eigenvalue weighted by molar-refractivity contribution is -0.113. The first-order chi connectivity index (χ1) is 11.6. The van der Waals surface area contributed by atoms with Crippen molar-refractivity contribution in [2.75, 3.05) is 19.1 Å². The molecule has 4 nitrogen and oxygen atoms in total. The molecule has 1 heterocycles. The van der Waals surface area contributed by atoms with Crippen LogP contribution in [0.15, 0.2) is 53.4 Å². The average molecular weight is 357 g/mol. The summed E-state index contributed by atoms with van der Waals surface area (Å²) < 4.78 is 11.0. The van der Waals surface area contributed by atoms with Gasteiger partial charge in [-0.3, -0.25) is 9.69 Å². The highest BCUT2D eigenvalue weighted by Gasteiger charge is 2.33. The standard InChI is InChI=1S/C18H15NO3S2/c1-21-14-9-7-13(8-10-14)19-17(20)16(24-18(19)23)11-12-5-3-4-6-15(12)22-2/h3-11H,1-2H3/b16-11-. The molecule has 2 aromatic carbocycles. The van der Waals surface area contributed by atoms with Crippen LogP contribution < -0.4 is 14.4 Å². The zero-order valence-electron chi connectivity index (χ0n) is 13.2. The maximum Gasteiger partial charge on any atom is 0.270 e. The van der Waals surface area contributed by atoms with Crippen LogP contribution in [0.5, 0.6) is 11.5 Å². The molecule has 0 atom stereocenters. The van der Waals surface area contributed by atoms with Crippen molar-refractivity contribution in [3.8, 4) is 11.5 Å². The van der Waals surface area contributed by atoms with Crippen molar-refractivity contribution in [3.63, 3.8) is 0 Å². The van der Waals surface area contributed by atoms with Gasteiger partial charge in [-0.1, -0.05) is 42.2 Å². The molecule has 24 heavy (non-hydrogen) atoms. The number of nitrogens with zero attached hydrogens (tertiary/aromatic N) is 1. The van der Waals surface area contributed by atoms with E-state index in [2.05, 4.69) is 0 Å².